The molecule has 21 heavy (non-hydrogen) atoms. The fourth-order valence-corrected chi connectivity index (χ4v) is 2.98. The Balaban J connectivity index is 1.84. The van der Waals surface area contributed by atoms with Crippen molar-refractivity contribution < 1.29 is 9.18 Å². The lowest BCUT2D eigenvalue weighted by atomic mass is 10.0. The molecule has 1 atom stereocenters. The Labute approximate surface area is 130 Å². The number of para-hydroxylation sites is 1. The number of nitrogens with one attached hydrogen (secondary N) is 2. The van der Waals surface area contributed by atoms with E-state index < -0.39 is 0 Å². The zero-order valence-corrected chi connectivity index (χ0v) is 13.0. The Morgan fingerprint density at radius 1 is 1.38 bits per heavy atom. The van der Waals surface area contributed by atoms with Crippen LogP contribution >= 0.6 is 15.9 Å². The van der Waals surface area contributed by atoms with Crippen LogP contribution < -0.4 is 10.6 Å². The highest BCUT2D eigenvalue weighted by Gasteiger charge is 2.28. The number of aryl methyl sites for hydroxylation is 1. The van der Waals surface area contributed by atoms with Crippen LogP contribution in [0.1, 0.15) is 17.0 Å². The molecule has 0 spiro atoms. The van der Waals surface area contributed by atoms with E-state index in [0.29, 0.717) is 16.7 Å². The summed E-state index contributed by atoms with van der Waals surface area (Å²) in [5.41, 5.74) is 3.28. The Morgan fingerprint density at radius 2 is 2.14 bits per heavy atom. The van der Waals surface area contributed by atoms with E-state index in [2.05, 4.69) is 26.6 Å². The number of fused-ring (bicyclic) bond motifs is 1. The SMILES string of the molecule is Cc1cc(Br)c(F)cc1NC(=O)C1CNc2ccccc21. The van der Waals surface area contributed by atoms with Crippen LogP contribution in [0.25, 0.3) is 0 Å². The number of hydrogen-bond donors (Lipinski definition) is 2. The molecule has 0 radical (unpaired) electrons. The zero-order valence-electron chi connectivity index (χ0n) is 11.4. The first-order chi connectivity index (χ1) is 10.1. The Kier molecular flexibility index (Phi) is 3.68. The summed E-state index contributed by atoms with van der Waals surface area (Å²) in [6.45, 7) is 2.39. The minimum Gasteiger partial charge on any atom is -0.384 e. The molecule has 0 bridgehead atoms. The highest BCUT2D eigenvalue weighted by atomic mass is 79.9. The highest BCUT2D eigenvalue weighted by molar-refractivity contribution is 9.10. The molecule has 0 saturated carbocycles. The molecule has 2 N–H and O–H groups in total. The Bertz CT molecular complexity index is 717. The Morgan fingerprint density at radius 3 is 2.95 bits per heavy atom. The van der Waals surface area contributed by atoms with E-state index in [0.717, 1.165) is 16.8 Å². The van der Waals surface area contributed by atoms with Gasteiger partial charge >= 0.3 is 0 Å². The van der Waals surface area contributed by atoms with Crippen molar-refractivity contribution >= 4 is 33.2 Å². The summed E-state index contributed by atoms with van der Waals surface area (Å²) in [6.07, 6.45) is 0. The maximum absolute atomic E-state index is 13.6. The van der Waals surface area contributed by atoms with Crippen molar-refractivity contribution in [3.05, 3.63) is 57.8 Å². The second-order valence-electron chi connectivity index (χ2n) is 5.09. The number of amides is 1. The smallest absolute Gasteiger partial charge is 0.233 e. The van der Waals surface area contributed by atoms with Crippen molar-refractivity contribution in [2.75, 3.05) is 17.2 Å². The van der Waals surface area contributed by atoms with Gasteiger partial charge in [-0.3, -0.25) is 4.79 Å². The summed E-state index contributed by atoms with van der Waals surface area (Å²) in [6, 6.07) is 10.7. The summed E-state index contributed by atoms with van der Waals surface area (Å²) in [5, 5.41) is 6.03. The van der Waals surface area contributed by atoms with Crippen molar-refractivity contribution in [1.82, 2.24) is 0 Å². The van der Waals surface area contributed by atoms with Crippen molar-refractivity contribution in [2.24, 2.45) is 0 Å². The van der Waals surface area contributed by atoms with E-state index in [-0.39, 0.29) is 17.6 Å². The van der Waals surface area contributed by atoms with Crippen molar-refractivity contribution in [2.45, 2.75) is 12.8 Å². The van der Waals surface area contributed by atoms with Crippen LogP contribution in [0.2, 0.25) is 0 Å². The van der Waals surface area contributed by atoms with Crippen LogP contribution in [0, 0.1) is 12.7 Å². The first-order valence-corrected chi connectivity index (χ1v) is 7.45. The largest absolute Gasteiger partial charge is 0.384 e. The van der Waals surface area contributed by atoms with E-state index in [4.69, 9.17) is 0 Å². The van der Waals surface area contributed by atoms with Gasteiger partial charge in [0.25, 0.3) is 0 Å². The Hall–Kier alpha value is -1.88. The topological polar surface area (TPSA) is 41.1 Å². The van der Waals surface area contributed by atoms with Gasteiger partial charge in [-0.1, -0.05) is 18.2 Å². The van der Waals surface area contributed by atoms with E-state index in [1.807, 2.05) is 31.2 Å². The van der Waals surface area contributed by atoms with Gasteiger partial charge in [0.15, 0.2) is 0 Å². The lowest BCUT2D eigenvalue weighted by Gasteiger charge is -2.13. The third-order valence-corrected chi connectivity index (χ3v) is 4.28. The standard InChI is InChI=1S/C16H14BrFN2O/c1-9-6-12(17)13(18)7-15(9)20-16(21)11-8-19-14-5-3-2-4-10(11)14/h2-7,11,19H,8H2,1H3,(H,20,21). The predicted octanol–water partition coefficient (Wildman–Crippen LogP) is 4.04. The molecule has 2 aromatic carbocycles. The molecule has 1 heterocycles. The average molecular weight is 349 g/mol. The maximum Gasteiger partial charge on any atom is 0.233 e. The van der Waals surface area contributed by atoms with Crippen LogP contribution in [-0.2, 0) is 4.79 Å². The lowest BCUT2D eigenvalue weighted by molar-refractivity contribution is -0.117. The molecule has 0 aromatic heterocycles. The predicted molar refractivity (Wildman–Crippen MR) is 85.1 cm³/mol. The molecule has 0 fully saturated rings. The molecule has 5 heteroatoms. The lowest BCUT2D eigenvalue weighted by Crippen LogP contribution is -2.23. The summed E-state index contributed by atoms with van der Waals surface area (Å²) >= 11 is 3.14. The summed E-state index contributed by atoms with van der Waals surface area (Å²) < 4.78 is 14.0. The van der Waals surface area contributed by atoms with E-state index >= 15 is 0 Å². The molecule has 3 rings (SSSR count). The third-order valence-electron chi connectivity index (χ3n) is 3.67. The molecule has 3 nitrogen and oxygen atoms in total. The van der Waals surface area contributed by atoms with Crippen LogP contribution in [0.3, 0.4) is 0 Å². The number of benzene rings is 2. The molecule has 2 aromatic rings. The van der Waals surface area contributed by atoms with Crippen molar-refractivity contribution in [1.29, 1.82) is 0 Å². The van der Waals surface area contributed by atoms with E-state index in [9.17, 15) is 9.18 Å². The van der Waals surface area contributed by atoms with Crippen LogP contribution in [0.4, 0.5) is 15.8 Å². The molecule has 1 amide bonds. The molecule has 1 unspecified atom stereocenters. The molecule has 1 aliphatic rings. The van der Waals surface area contributed by atoms with Crippen molar-refractivity contribution in [3.8, 4) is 0 Å². The molecule has 0 saturated heterocycles. The molecular formula is C16H14BrFN2O. The fourth-order valence-electron chi connectivity index (χ4n) is 2.52. The quantitative estimate of drug-likeness (QED) is 0.859. The summed E-state index contributed by atoms with van der Waals surface area (Å²) in [7, 11) is 0. The minimum absolute atomic E-state index is 0.128. The number of rotatable bonds is 2. The number of carbonyl (C=O) groups is 1. The molecule has 0 aliphatic carbocycles. The normalized spacial score (nSPS) is 16.2. The van der Waals surface area contributed by atoms with Gasteiger partial charge in [0.2, 0.25) is 5.91 Å². The van der Waals surface area contributed by atoms with Crippen molar-refractivity contribution in [3.63, 3.8) is 0 Å². The number of anilines is 2. The van der Waals surface area contributed by atoms with Crippen LogP contribution in [-0.4, -0.2) is 12.5 Å². The first kappa shape index (κ1) is 14.1. The average Bonchev–Trinajstić information content (AvgIpc) is 2.88. The maximum atomic E-state index is 13.6. The second-order valence-corrected chi connectivity index (χ2v) is 5.95. The van der Waals surface area contributed by atoms with Gasteiger partial charge in [0, 0.05) is 17.9 Å². The highest BCUT2D eigenvalue weighted by Crippen LogP contribution is 2.32. The van der Waals surface area contributed by atoms with Gasteiger partial charge in [0.05, 0.1) is 10.4 Å². The van der Waals surface area contributed by atoms with Crippen LogP contribution in [0.5, 0.6) is 0 Å². The molecular weight excluding hydrogens is 335 g/mol. The van der Waals surface area contributed by atoms with Gasteiger partial charge in [-0.25, -0.2) is 4.39 Å². The summed E-state index contributed by atoms with van der Waals surface area (Å²) in [4.78, 5) is 12.4. The fraction of sp³-hybridized carbons (Fsp3) is 0.188. The van der Waals surface area contributed by atoms with Gasteiger partial charge in [-0.2, -0.15) is 0 Å². The zero-order chi connectivity index (χ0) is 15.0. The second kappa shape index (κ2) is 5.48. The number of hydrogen-bond acceptors (Lipinski definition) is 2. The number of carbonyl (C=O) groups excluding carboxylic acids is 1. The minimum atomic E-state index is -0.388. The van der Waals surface area contributed by atoms with E-state index in [1.54, 1.807) is 6.07 Å². The van der Waals surface area contributed by atoms with Gasteiger partial charge in [-0.15, -0.1) is 0 Å². The van der Waals surface area contributed by atoms with Gasteiger partial charge < -0.3 is 10.6 Å². The third kappa shape index (κ3) is 2.65. The first-order valence-electron chi connectivity index (χ1n) is 6.65. The number of halogens is 2. The van der Waals surface area contributed by atoms with Gasteiger partial charge in [0.1, 0.15) is 5.82 Å². The summed E-state index contributed by atoms with van der Waals surface area (Å²) in [5.74, 6) is -0.773. The van der Waals surface area contributed by atoms with Crippen LogP contribution in [0.15, 0.2) is 40.9 Å². The van der Waals surface area contributed by atoms with Gasteiger partial charge in [-0.05, 0) is 52.2 Å². The van der Waals surface area contributed by atoms with E-state index in [1.165, 1.54) is 6.07 Å². The monoisotopic (exact) mass is 348 g/mol. The molecule has 108 valence electrons. The molecule has 1 aliphatic heterocycles.